The summed E-state index contributed by atoms with van der Waals surface area (Å²) in [5, 5.41) is 10.7. The number of ketones is 1. The molecule has 2 rings (SSSR count). The van der Waals surface area contributed by atoms with Gasteiger partial charge in [-0.15, -0.1) is 0 Å². The molecule has 0 radical (unpaired) electrons. The van der Waals surface area contributed by atoms with Gasteiger partial charge in [-0.25, -0.2) is 4.39 Å². The Morgan fingerprint density at radius 3 is 2.21 bits per heavy atom. The van der Waals surface area contributed by atoms with Gasteiger partial charge in [0.05, 0.1) is 11.5 Å². The summed E-state index contributed by atoms with van der Waals surface area (Å²) in [5.74, 6) is -3.10. The molecular formula is C17H14FNO5. The van der Waals surface area contributed by atoms with Crippen molar-refractivity contribution in [2.45, 2.75) is 12.8 Å². The van der Waals surface area contributed by atoms with Crippen LogP contribution in [0.3, 0.4) is 0 Å². The molecule has 2 aromatic carbocycles. The summed E-state index contributed by atoms with van der Waals surface area (Å²) in [6.07, 6.45) is 0. The zero-order valence-electron chi connectivity index (χ0n) is 12.8. The van der Waals surface area contributed by atoms with Gasteiger partial charge < -0.3 is 4.74 Å². The SMILES string of the molecule is CCOC(=O)C(C(=O)c1ccc(F)cc1)c1ccc([N+](=O)[O-])cc1. The lowest BCUT2D eigenvalue weighted by Gasteiger charge is -2.15. The Bertz CT molecular complexity index is 756. The van der Waals surface area contributed by atoms with Crippen LogP contribution in [0.25, 0.3) is 0 Å². The standard InChI is InChI=1S/C17H14FNO5/c1-2-24-17(21)15(11-5-9-14(10-6-11)19(22)23)16(20)12-3-7-13(18)8-4-12/h3-10,15H,2H2,1H3. The molecule has 24 heavy (non-hydrogen) atoms. The van der Waals surface area contributed by atoms with E-state index in [0.29, 0.717) is 0 Å². The number of rotatable bonds is 6. The van der Waals surface area contributed by atoms with Gasteiger partial charge in [-0.3, -0.25) is 19.7 Å². The molecule has 1 unspecified atom stereocenters. The Labute approximate surface area is 137 Å². The number of nitro groups is 1. The summed E-state index contributed by atoms with van der Waals surface area (Å²) >= 11 is 0. The molecule has 0 aromatic heterocycles. The molecule has 0 spiro atoms. The van der Waals surface area contributed by atoms with Crippen LogP contribution in [0, 0.1) is 15.9 Å². The van der Waals surface area contributed by atoms with E-state index in [4.69, 9.17) is 4.74 Å². The summed E-state index contributed by atoms with van der Waals surface area (Å²) in [7, 11) is 0. The fourth-order valence-corrected chi connectivity index (χ4v) is 2.19. The number of non-ortho nitro benzene ring substituents is 1. The van der Waals surface area contributed by atoms with E-state index >= 15 is 0 Å². The number of ether oxygens (including phenoxy) is 1. The number of hydrogen-bond acceptors (Lipinski definition) is 5. The molecule has 0 saturated carbocycles. The number of esters is 1. The third-order valence-electron chi connectivity index (χ3n) is 3.35. The van der Waals surface area contributed by atoms with Crippen LogP contribution in [-0.4, -0.2) is 23.3 Å². The van der Waals surface area contributed by atoms with Gasteiger partial charge in [0.25, 0.3) is 5.69 Å². The van der Waals surface area contributed by atoms with Crippen LogP contribution in [0.2, 0.25) is 0 Å². The van der Waals surface area contributed by atoms with E-state index in [1.165, 1.54) is 36.4 Å². The maximum absolute atomic E-state index is 13.0. The molecule has 0 heterocycles. The first-order valence-electron chi connectivity index (χ1n) is 7.14. The summed E-state index contributed by atoms with van der Waals surface area (Å²) in [5.41, 5.74) is 0.261. The monoisotopic (exact) mass is 331 g/mol. The summed E-state index contributed by atoms with van der Waals surface area (Å²) in [4.78, 5) is 35.0. The number of hydrogen-bond donors (Lipinski definition) is 0. The van der Waals surface area contributed by atoms with Crippen molar-refractivity contribution in [3.05, 3.63) is 75.6 Å². The maximum Gasteiger partial charge on any atom is 0.321 e. The van der Waals surface area contributed by atoms with Gasteiger partial charge >= 0.3 is 5.97 Å². The van der Waals surface area contributed by atoms with Crippen molar-refractivity contribution in [2.24, 2.45) is 0 Å². The minimum Gasteiger partial charge on any atom is -0.465 e. The molecule has 0 saturated heterocycles. The predicted octanol–water partition coefficient (Wildman–Crippen LogP) is 3.26. The first-order chi connectivity index (χ1) is 11.4. The smallest absolute Gasteiger partial charge is 0.321 e. The second kappa shape index (κ2) is 7.45. The van der Waals surface area contributed by atoms with Crippen LogP contribution < -0.4 is 0 Å². The predicted molar refractivity (Wildman–Crippen MR) is 83.2 cm³/mol. The lowest BCUT2D eigenvalue weighted by atomic mass is 9.90. The molecule has 0 bridgehead atoms. The number of nitrogens with zero attached hydrogens (tertiary/aromatic N) is 1. The Morgan fingerprint density at radius 1 is 1.12 bits per heavy atom. The van der Waals surface area contributed by atoms with Gasteiger partial charge in [-0.1, -0.05) is 12.1 Å². The van der Waals surface area contributed by atoms with Gasteiger partial charge in [0.15, 0.2) is 5.78 Å². The highest BCUT2D eigenvalue weighted by Crippen LogP contribution is 2.25. The van der Waals surface area contributed by atoms with Gasteiger partial charge in [0, 0.05) is 17.7 Å². The average Bonchev–Trinajstić information content (AvgIpc) is 2.56. The lowest BCUT2D eigenvalue weighted by Crippen LogP contribution is -2.24. The summed E-state index contributed by atoms with van der Waals surface area (Å²) < 4.78 is 17.9. The van der Waals surface area contributed by atoms with Crippen molar-refractivity contribution in [3.63, 3.8) is 0 Å². The van der Waals surface area contributed by atoms with Crippen molar-refractivity contribution >= 4 is 17.4 Å². The van der Waals surface area contributed by atoms with Gasteiger partial charge in [-0.2, -0.15) is 0 Å². The van der Waals surface area contributed by atoms with Crippen LogP contribution in [0.1, 0.15) is 28.8 Å². The molecule has 1 atom stereocenters. The fourth-order valence-electron chi connectivity index (χ4n) is 2.19. The van der Waals surface area contributed by atoms with Crippen LogP contribution in [0.15, 0.2) is 48.5 Å². The van der Waals surface area contributed by atoms with Crippen molar-refractivity contribution in [1.82, 2.24) is 0 Å². The largest absolute Gasteiger partial charge is 0.465 e. The summed E-state index contributed by atoms with van der Waals surface area (Å²) in [6, 6.07) is 9.86. The maximum atomic E-state index is 13.0. The first kappa shape index (κ1) is 17.3. The molecule has 6 nitrogen and oxygen atoms in total. The molecule has 0 aliphatic carbocycles. The number of benzene rings is 2. The third kappa shape index (κ3) is 3.81. The van der Waals surface area contributed by atoms with Crippen LogP contribution in [0.5, 0.6) is 0 Å². The Hall–Kier alpha value is -3.09. The number of halogens is 1. The van der Waals surface area contributed by atoms with Crippen LogP contribution >= 0.6 is 0 Å². The van der Waals surface area contributed by atoms with E-state index < -0.39 is 28.4 Å². The highest BCUT2D eigenvalue weighted by molar-refractivity contribution is 6.12. The van der Waals surface area contributed by atoms with E-state index in [0.717, 1.165) is 12.1 Å². The van der Waals surface area contributed by atoms with Crippen molar-refractivity contribution in [2.75, 3.05) is 6.61 Å². The van der Waals surface area contributed by atoms with E-state index in [-0.39, 0.29) is 23.4 Å². The molecule has 0 fully saturated rings. The number of carbonyl (C=O) groups is 2. The van der Waals surface area contributed by atoms with E-state index in [1.807, 2.05) is 0 Å². The van der Waals surface area contributed by atoms with Crippen LogP contribution in [-0.2, 0) is 9.53 Å². The fraction of sp³-hybridized carbons (Fsp3) is 0.176. The minimum absolute atomic E-state index is 0.0824. The first-order valence-corrected chi connectivity index (χ1v) is 7.14. The molecule has 0 aliphatic heterocycles. The van der Waals surface area contributed by atoms with Crippen molar-refractivity contribution in [3.8, 4) is 0 Å². The Kier molecular flexibility index (Phi) is 5.36. The topological polar surface area (TPSA) is 86.5 Å². The Balaban J connectivity index is 2.40. The number of carbonyl (C=O) groups excluding carboxylic acids is 2. The van der Waals surface area contributed by atoms with Gasteiger partial charge in [-0.05, 0) is 36.8 Å². The zero-order valence-corrected chi connectivity index (χ0v) is 12.8. The lowest BCUT2D eigenvalue weighted by molar-refractivity contribution is -0.384. The highest BCUT2D eigenvalue weighted by atomic mass is 19.1. The normalized spacial score (nSPS) is 11.6. The van der Waals surface area contributed by atoms with E-state index in [1.54, 1.807) is 6.92 Å². The van der Waals surface area contributed by atoms with E-state index in [2.05, 4.69) is 0 Å². The van der Waals surface area contributed by atoms with Gasteiger partial charge in [0.2, 0.25) is 0 Å². The average molecular weight is 331 g/mol. The number of Topliss-reactive ketones (excluding diaryl/α,β-unsaturated/α-hetero) is 1. The van der Waals surface area contributed by atoms with Gasteiger partial charge in [0.1, 0.15) is 11.7 Å². The molecule has 124 valence electrons. The van der Waals surface area contributed by atoms with Crippen LogP contribution in [0.4, 0.5) is 10.1 Å². The molecule has 0 aliphatic rings. The molecule has 7 heteroatoms. The zero-order chi connectivity index (χ0) is 17.7. The second-order valence-electron chi connectivity index (χ2n) is 4.90. The number of nitro benzene ring substituents is 1. The molecule has 0 N–H and O–H groups in total. The van der Waals surface area contributed by atoms with Crippen molar-refractivity contribution in [1.29, 1.82) is 0 Å². The second-order valence-corrected chi connectivity index (χ2v) is 4.90. The highest BCUT2D eigenvalue weighted by Gasteiger charge is 2.31. The third-order valence-corrected chi connectivity index (χ3v) is 3.35. The molecule has 0 amide bonds. The Morgan fingerprint density at radius 2 is 1.71 bits per heavy atom. The quantitative estimate of drug-likeness (QED) is 0.267. The van der Waals surface area contributed by atoms with Crippen molar-refractivity contribution < 1.29 is 23.6 Å². The molecule has 2 aromatic rings. The minimum atomic E-state index is -1.27. The van der Waals surface area contributed by atoms with E-state index in [9.17, 15) is 24.1 Å². The summed E-state index contributed by atoms with van der Waals surface area (Å²) in [6.45, 7) is 1.69. The molecular weight excluding hydrogens is 317 g/mol.